The van der Waals surface area contributed by atoms with E-state index in [1.807, 2.05) is 37.3 Å². The predicted octanol–water partition coefficient (Wildman–Crippen LogP) is 5.28. The molecule has 2 rings (SSSR count). The molecule has 0 aromatic heterocycles. The fourth-order valence-corrected chi connectivity index (χ4v) is 2.61. The van der Waals surface area contributed by atoms with Gasteiger partial charge in [0.05, 0.1) is 0 Å². The summed E-state index contributed by atoms with van der Waals surface area (Å²) in [7, 11) is 0. The molecule has 0 nitrogen and oxygen atoms in total. The average molecular weight is 325 g/mol. The van der Waals surface area contributed by atoms with Crippen LogP contribution in [-0.4, -0.2) is 0 Å². The molecule has 2 aromatic carbocycles. The van der Waals surface area contributed by atoms with Crippen LogP contribution in [0.3, 0.4) is 0 Å². The molecule has 0 fully saturated rings. The highest BCUT2D eigenvalue weighted by atomic mass is 79.9. The fraction of sp³-hybridized carbons (Fsp3) is 0.250. The summed E-state index contributed by atoms with van der Waals surface area (Å²) in [5.74, 6) is -0.854. The van der Waals surface area contributed by atoms with Crippen molar-refractivity contribution in [2.24, 2.45) is 5.92 Å². The number of rotatable bonds is 4. The van der Waals surface area contributed by atoms with Crippen molar-refractivity contribution in [3.63, 3.8) is 0 Å². The van der Waals surface area contributed by atoms with Gasteiger partial charge in [-0.3, -0.25) is 0 Å². The summed E-state index contributed by atoms with van der Waals surface area (Å²) in [4.78, 5) is 0.0766. The summed E-state index contributed by atoms with van der Waals surface area (Å²) in [6, 6.07) is 13.9. The van der Waals surface area contributed by atoms with Crippen molar-refractivity contribution in [3.05, 3.63) is 71.3 Å². The molecule has 0 aliphatic carbocycles. The molecule has 19 heavy (non-hydrogen) atoms. The van der Waals surface area contributed by atoms with Crippen LogP contribution in [0.2, 0.25) is 0 Å². The molecule has 3 heteroatoms. The van der Waals surface area contributed by atoms with E-state index in [0.29, 0.717) is 6.42 Å². The topological polar surface area (TPSA) is 0 Å². The van der Waals surface area contributed by atoms with Gasteiger partial charge in [0.2, 0.25) is 0 Å². The summed E-state index contributed by atoms with van der Waals surface area (Å²) in [6.45, 7) is 1.98. The summed E-state index contributed by atoms with van der Waals surface area (Å²) in [5.41, 5.74) is 1.28. The highest BCUT2D eigenvalue weighted by molar-refractivity contribution is 9.09. The Kier molecular flexibility index (Phi) is 4.70. The van der Waals surface area contributed by atoms with E-state index in [-0.39, 0.29) is 16.3 Å². The molecule has 2 atom stereocenters. The largest absolute Gasteiger partial charge is 0.207 e. The Balaban J connectivity index is 2.15. The fourth-order valence-electron chi connectivity index (χ4n) is 2.12. The van der Waals surface area contributed by atoms with E-state index in [4.69, 9.17) is 0 Å². The first-order valence-corrected chi connectivity index (χ1v) is 7.13. The van der Waals surface area contributed by atoms with Crippen molar-refractivity contribution in [3.8, 4) is 0 Å². The zero-order valence-corrected chi connectivity index (χ0v) is 12.2. The van der Waals surface area contributed by atoms with E-state index < -0.39 is 11.6 Å². The second-order valence-corrected chi connectivity index (χ2v) is 5.68. The maximum absolute atomic E-state index is 13.6. The molecular weight excluding hydrogens is 310 g/mol. The predicted molar refractivity (Wildman–Crippen MR) is 77.3 cm³/mol. The Morgan fingerprint density at radius 1 is 0.947 bits per heavy atom. The van der Waals surface area contributed by atoms with Gasteiger partial charge in [0.1, 0.15) is 11.6 Å². The average Bonchev–Trinajstić information content (AvgIpc) is 2.43. The Hall–Kier alpha value is -1.22. The van der Waals surface area contributed by atoms with Crippen LogP contribution in [0.4, 0.5) is 8.78 Å². The second-order valence-electron chi connectivity index (χ2n) is 4.69. The van der Waals surface area contributed by atoms with Crippen LogP contribution in [0.15, 0.2) is 48.5 Å². The standard InChI is InChI=1S/C16H15BrF2/c1-11(16(17)12-6-3-2-4-7-12)10-13-14(18)8-5-9-15(13)19/h2-9,11,16H,10H2,1H3. The van der Waals surface area contributed by atoms with Gasteiger partial charge in [0, 0.05) is 10.4 Å². The van der Waals surface area contributed by atoms with Crippen molar-refractivity contribution in [2.75, 3.05) is 0 Å². The van der Waals surface area contributed by atoms with Crippen molar-refractivity contribution in [2.45, 2.75) is 18.2 Å². The maximum Gasteiger partial charge on any atom is 0.129 e. The lowest BCUT2D eigenvalue weighted by Crippen LogP contribution is -2.09. The minimum atomic E-state index is -0.473. The maximum atomic E-state index is 13.6. The molecule has 0 N–H and O–H groups in total. The van der Waals surface area contributed by atoms with E-state index in [1.165, 1.54) is 18.2 Å². The molecule has 0 aliphatic rings. The Labute approximate surface area is 120 Å². The molecule has 100 valence electrons. The minimum Gasteiger partial charge on any atom is -0.207 e. The van der Waals surface area contributed by atoms with Crippen molar-refractivity contribution in [1.82, 2.24) is 0 Å². The van der Waals surface area contributed by atoms with Gasteiger partial charge in [-0.25, -0.2) is 8.78 Å². The number of hydrogen-bond donors (Lipinski definition) is 0. The molecule has 0 bridgehead atoms. The van der Waals surface area contributed by atoms with Crippen LogP contribution < -0.4 is 0 Å². The highest BCUT2D eigenvalue weighted by Crippen LogP contribution is 2.33. The van der Waals surface area contributed by atoms with Crippen LogP contribution in [0.1, 0.15) is 22.9 Å². The van der Waals surface area contributed by atoms with Crippen LogP contribution in [-0.2, 0) is 6.42 Å². The van der Waals surface area contributed by atoms with Gasteiger partial charge in [-0.1, -0.05) is 59.3 Å². The third-order valence-electron chi connectivity index (χ3n) is 3.21. The molecule has 0 radical (unpaired) electrons. The van der Waals surface area contributed by atoms with E-state index in [2.05, 4.69) is 15.9 Å². The van der Waals surface area contributed by atoms with Crippen LogP contribution >= 0.6 is 15.9 Å². The van der Waals surface area contributed by atoms with Gasteiger partial charge in [0.25, 0.3) is 0 Å². The SMILES string of the molecule is CC(Cc1c(F)cccc1F)C(Br)c1ccccc1. The van der Waals surface area contributed by atoms with E-state index in [9.17, 15) is 8.78 Å². The van der Waals surface area contributed by atoms with Crippen molar-refractivity contribution >= 4 is 15.9 Å². The third kappa shape index (κ3) is 3.41. The minimum absolute atomic E-state index is 0.0766. The molecule has 2 aromatic rings. The Morgan fingerprint density at radius 3 is 2.11 bits per heavy atom. The lowest BCUT2D eigenvalue weighted by molar-refractivity contribution is 0.503. The van der Waals surface area contributed by atoms with E-state index in [1.54, 1.807) is 0 Å². The quantitative estimate of drug-likeness (QED) is 0.671. The van der Waals surface area contributed by atoms with Crippen LogP contribution in [0, 0.1) is 17.6 Å². The lowest BCUT2D eigenvalue weighted by Gasteiger charge is -2.19. The van der Waals surface area contributed by atoms with Crippen molar-refractivity contribution < 1.29 is 8.78 Å². The van der Waals surface area contributed by atoms with Crippen molar-refractivity contribution in [1.29, 1.82) is 0 Å². The first kappa shape index (κ1) is 14.2. The monoisotopic (exact) mass is 324 g/mol. The Bertz CT molecular complexity index is 519. The molecule has 0 saturated carbocycles. The first-order valence-electron chi connectivity index (χ1n) is 6.21. The molecule has 0 spiro atoms. The van der Waals surface area contributed by atoms with Gasteiger partial charge in [-0.05, 0) is 30.0 Å². The molecule has 0 saturated heterocycles. The summed E-state index contributed by atoms with van der Waals surface area (Å²) >= 11 is 3.61. The van der Waals surface area contributed by atoms with Gasteiger partial charge in [-0.2, -0.15) is 0 Å². The molecule has 0 aliphatic heterocycles. The normalized spacial score (nSPS) is 14.1. The zero-order chi connectivity index (χ0) is 13.8. The molecule has 0 amide bonds. The summed E-state index contributed by atoms with van der Waals surface area (Å²) in [6.07, 6.45) is 0.364. The molecule has 0 heterocycles. The number of halogens is 3. The number of alkyl halides is 1. The molecule has 2 unspecified atom stereocenters. The first-order chi connectivity index (χ1) is 9.09. The van der Waals surface area contributed by atoms with Gasteiger partial charge >= 0.3 is 0 Å². The Morgan fingerprint density at radius 2 is 1.53 bits per heavy atom. The third-order valence-corrected chi connectivity index (χ3v) is 4.64. The summed E-state index contributed by atoms with van der Waals surface area (Å²) in [5, 5.41) is 0. The van der Waals surface area contributed by atoms with Gasteiger partial charge in [-0.15, -0.1) is 0 Å². The van der Waals surface area contributed by atoms with E-state index in [0.717, 1.165) is 5.56 Å². The van der Waals surface area contributed by atoms with Crippen LogP contribution in [0.25, 0.3) is 0 Å². The zero-order valence-electron chi connectivity index (χ0n) is 10.6. The summed E-state index contributed by atoms with van der Waals surface area (Å²) < 4.78 is 27.2. The number of hydrogen-bond acceptors (Lipinski definition) is 0. The highest BCUT2D eigenvalue weighted by Gasteiger charge is 2.19. The van der Waals surface area contributed by atoms with Gasteiger partial charge < -0.3 is 0 Å². The van der Waals surface area contributed by atoms with Crippen LogP contribution in [0.5, 0.6) is 0 Å². The number of benzene rings is 2. The lowest BCUT2D eigenvalue weighted by atomic mass is 9.93. The molecular formula is C16H15BrF2. The van der Waals surface area contributed by atoms with Gasteiger partial charge in [0.15, 0.2) is 0 Å². The second kappa shape index (κ2) is 6.29. The van der Waals surface area contributed by atoms with E-state index >= 15 is 0 Å². The smallest absolute Gasteiger partial charge is 0.129 e.